The quantitative estimate of drug-likeness (QED) is 0.559. The van der Waals surface area contributed by atoms with Crippen molar-refractivity contribution < 1.29 is 20.1 Å². The molecule has 1 rings (SSSR count). The number of phenols is 1. The van der Waals surface area contributed by atoms with E-state index in [2.05, 4.69) is 0 Å². The van der Waals surface area contributed by atoms with Crippen molar-refractivity contribution in [3.63, 3.8) is 0 Å². The van der Waals surface area contributed by atoms with E-state index >= 15 is 0 Å². The van der Waals surface area contributed by atoms with Crippen molar-refractivity contribution in [1.29, 1.82) is 0 Å². The predicted molar refractivity (Wildman–Crippen MR) is 53.8 cm³/mol. The van der Waals surface area contributed by atoms with Gasteiger partial charge in [0.1, 0.15) is 11.3 Å². The van der Waals surface area contributed by atoms with E-state index in [1.54, 1.807) is 6.07 Å². The Hall–Kier alpha value is -1.59. The van der Waals surface area contributed by atoms with Crippen LogP contribution >= 0.6 is 0 Å². The third-order valence-electron chi connectivity index (χ3n) is 2.02. The van der Waals surface area contributed by atoms with Gasteiger partial charge in [-0.05, 0) is 24.1 Å². The van der Waals surface area contributed by atoms with E-state index in [0.717, 1.165) is 0 Å². The van der Waals surface area contributed by atoms with Crippen LogP contribution in [-0.2, 0) is 6.42 Å². The van der Waals surface area contributed by atoms with E-state index in [4.69, 9.17) is 15.9 Å². The highest BCUT2D eigenvalue weighted by molar-refractivity contribution is 5.90. The molecule has 0 aliphatic heterocycles. The molecule has 0 aromatic heterocycles. The zero-order valence-electron chi connectivity index (χ0n) is 8.05. The van der Waals surface area contributed by atoms with E-state index in [1.807, 2.05) is 0 Å². The van der Waals surface area contributed by atoms with Gasteiger partial charge in [0.05, 0.1) is 6.61 Å². The SMILES string of the molecule is NC(CO)Cc1ccc(O)c(C(=O)O)c1. The summed E-state index contributed by atoms with van der Waals surface area (Å²) in [7, 11) is 0. The first-order chi connectivity index (χ1) is 7.04. The fraction of sp³-hybridized carbons (Fsp3) is 0.300. The van der Waals surface area contributed by atoms with Crippen LogP contribution in [0.25, 0.3) is 0 Å². The molecule has 82 valence electrons. The molecule has 1 aromatic rings. The van der Waals surface area contributed by atoms with Crippen LogP contribution in [0.15, 0.2) is 18.2 Å². The Balaban J connectivity index is 2.92. The van der Waals surface area contributed by atoms with E-state index in [0.29, 0.717) is 12.0 Å². The molecule has 1 atom stereocenters. The minimum absolute atomic E-state index is 0.155. The number of benzene rings is 1. The summed E-state index contributed by atoms with van der Waals surface area (Å²) in [6.07, 6.45) is 0.372. The Bertz CT molecular complexity index is 364. The second kappa shape index (κ2) is 4.77. The molecular formula is C10H13NO4. The number of aromatic hydroxyl groups is 1. The second-order valence-electron chi connectivity index (χ2n) is 3.30. The van der Waals surface area contributed by atoms with Crippen molar-refractivity contribution in [2.45, 2.75) is 12.5 Å². The Morgan fingerprint density at radius 3 is 2.67 bits per heavy atom. The third-order valence-corrected chi connectivity index (χ3v) is 2.02. The highest BCUT2D eigenvalue weighted by Crippen LogP contribution is 2.19. The van der Waals surface area contributed by atoms with Gasteiger partial charge in [-0.2, -0.15) is 0 Å². The summed E-state index contributed by atoms with van der Waals surface area (Å²) in [4.78, 5) is 10.7. The zero-order chi connectivity index (χ0) is 11.4. The van der Waals surface area contributed by atoms with Crippen molar-refractivity contribution in [2.75, 3.05) is 6.61 Å². The normalized spacial score (nSPS) is 12.4. The largest absolute Gasteiger partial charge is 0.507 e. The van der Waals surface area contributed by atoms with Gasteiger partial charge in [0.2, 0.25) is 0 Å². The number of rotatable bonds is 4. The highest BCUT2D eigenvalue weighted by atomic mass is 16.4. The topological polar surface area (TPSA) is 104 Å². The molecule has 5 nitrogen and oxygen atoms in total. The monoisotopic (exact) mass is 211 g/mol. The summed E-state index contributed by atoms with van der Waals surface area (Å²) >= 11 is 0. The molecule has 0 amide bonds. The van der Waals surface area contributed by atoms with Gasteiger partial charge in [0.25, 0.3) is 0 Å². The molecule has 15 heavy (non-hydrogen) atoms. The van der Waals surface area contributed by atoms with Gasteiger partial charge in [-0.1, -0.05) is 6.07 Å². The molecule has 0 radical (unpaired) electrons. The number of carbonyl (C=O) groups is 1. The molecule has 5 N–H and O–H groups in total. The maximum absolute atomic E-state index is 10.7. The lowest BCUT2D eigenvalue weighted by Crippen LogP contribution is -2.26. The number of hydrogen-bond acceptors (Lipinski definition) is 4. The molecule has 0 heterocycles. The maximum Gasteiger partial charge on any atom is 0.339 e. The van der Waals surface area contributed by atoms with E-state index < -0.39 is 12.0 Å². The van der Waals surface area contributed by atoms with Crippen molar-refractivity contribution in [1.82, 2.24) is 0 Å². The molecule has 0 fully saturated rings. The zero-order valence-corrected chi connectivity index (χ0v) is 8.05. The third kappa shape index (κ3) is 2.93. The fourth-order valence-electron chi connectivity index (χ4n) is 1.25. The van der Waals surface area contributed by atoms with E-state index in [1.165, 1.54) is 12.1 Å². The van der Waals surface area contributed by atoms with Crippen LogP contribution in [0.3, 0.4) is 0 Å². The average molecular weight is 211 g/mol. The summed E-state index contributed by atoms with van der Waals surface area (Å²) in [5.41, 5.74) is 6.03. The van der Waals surface area contributed by atoms with Crippen LogP contribution in [0.5, 0.6) is 5.75 Å². The second-order valence-corrected chi connectivity index (χ2v) is 3.30. The molecule has 0 aliphatic carbocycles. The van der Waals surface area contributed by atoms with Crippen LogP contribution in [0.2, 0.25) is 0 Å². The lowest BCUT2D eigenvalue weighted by Gasteiger charge is -2.09. The summed E-state index contributed by atoms with van der Waals surface area (Å²) in [6.45, 7) is -0.163. The van der Waals surface area contributed by atoms with Gasteiger partial charge in [-0.15, -0.1) is 0 Å². The first kappa shape index (κ1) is 11.5. The number of carboxylic acid groups (broad SMARTS) is 1. The van der Waals surface area contributed by atoms with Crippen LogP contribution < -0.4 is 5.73 Å². The standard InChI is InChI=1S/C10H13NO4/c11-7(5-12)3-6-1-2-9(13)8(4-6)10(14)15/h1-2,4,7,12-13H,3,5,11H2,(H,14,15). The van der Waals surface area contributed by atoms with Crippen LogP contribution in [0.1, 0.15) is 15.9 Å². The molecule has 1 aromatic carbocycles. The molecule has 0 saturated carbocycles. The van der Waals surface area contributed by atoms with Crippen molar-refractivity contribution in [3.8, 4) is 5.75 Å². The summed E-state index contributed by atoms with van der Waals surface area (Å²) in [5, 5.41) is 26.7. The molecule has 1 unspecified atom stereocenters. The Morgan fingerprint density at radius 1 is 1.47 bits per heavy atom. The van der Waals surface area contributed by atoms with Gasteiger partial charge in [0.15, 0.2) is 0 Å². The van der Waals surface area contributed by atoms with Gasteiger partial charge in [0, 0.05) is 6.04 Å². The number of carboxylic acids is 1. The van der Waals surface area contributed by atoms with Crippen LogP contribution in [0, 0.1) is 0 Å². The smallest absolute Gasteiger partial charge is 0.339 e. The minimum atomic E-state index is -1.19. The van der Waals surface area contributed by atoms with Gasteiger partial charge in [-0.25, -0.2) is 4.79 Å². The predicted octanol–water partition coefficient (Wildman–Crippen LogP) is -0.0475. The van der Waals surface area contributed by atoms with Crippen molar-refractivity contribution >= 4 is 5.97 Å². The first-order valence-electron chi connectivity index (χ1n) is 4.46. The average Bonchev–Trinajstić information content (AvgIpc) is 2.20. The Morgan fingerprint density at radius 2 is 2.13 bits per heavy atom. The first-order valence-corrected chi connectivity index (χ1v) is 4.46. The lowest BCUT2D eigenvalue weighted by atomic mass is 10.0. The number of nitrogens with two attached hydrogens (primary N) is 1. The van der Waals surface area contributed by atoms with E-state index in [-0.39, 0.29) is 17.9 Å². The number of aliphatic hydroxyl groups excluding tert-OH is 1. The molecular weight excluding hydrogens is 198 g/mol. The Kier molecular flexibility index (Phi) is 3.65. The fourth-order valence-corrected chi connectivity index (χ4v) is 1.25. The maximum atomic E-state index is 10.7. The summed E-state index contributed by atoms with van der Waals surface area (Å²) < 4.78 is 0. The van der Waals surface area contributed by atoms with Gasteiger partial charge < -0.3 is 21.1 Å². The lowest BCUT2D eigenvalue weighted by molar-refractivity contribution is 0.0693. The van der Waals surface area contributed by atoms with Gasteiger partial charge in [-0.3, -0.25) is 0 Å². The minimum Gasteiger partial charge on any atom is -0.507 e. The molecule has 0 aliphatic rings. The van der Waals surface area contributed by atoms with E-state index in [9.17, 15) is 9.90 Å². The Labute approximate surface area is 86.8 Å². The highest BCUT2D eigenvalue weighted by Gasteiger charge is 2.11. The van der Waals surface area contributed by atoms with Crippen molar-refractivity contribution in [2.24, 2.45) is 5.73 Å². The summed E-state index contributed by atoms with van der Waals surface area (Å²) in [5.74, 6) is -1.46. The van der Waals surface area contributed by atoms with Crippen LogP contribution in [0.4, 0.5) is 0 Å². The summed E-state index contributed by atoms with van der Waals surface area (Å²) in [6, 6.07) is 3.82. The van der Waals surface area contributed by atoms with Crippen LogP contribution in [-0.4, -0.2) is 33.9 Å². The molecule has 5 heteroatoms. The number of aliphatic hydroxyl groups is 1. The number of hydrogen-bond donors (Lipinski definition) is 4. The molecule has 0 spiro atoms. The van der Waals surface area contributed by atoms with Crippen molar-refractivity contribution in [3.05, 3.63) is 29.3 Å². The molecule has 0 bridgehead atoms. The number of aromatic carboxylic acids is 1. The van der Waals surface area contributed by atoms with Gasteiger partial charge >= 0.3 is 5.97 Å². The molecule has 0 saturated heterocycles.